The van der Waals surface area contributed by atoms with Crippen molar-refractivity contribution in [2.24, 2.45) is 47.3 Å². The zero-order chi connectivity index (χ0) is 80.3. The number of rotatable bonds is 20. The van der Waals surface area contributed by atoms with E-state index in [2.05, 4.69) is 44.7 Å². The second-order valence-electron chi connectivity index (χ2n) is 25.6. The summed E-state index contributed by atoms with van der Waals surface area (Å²) in [7, 11) is 4.26. The molecule has 0 spiro atoms. The zero-order valence-electron chi connectivity index (χ0n) is 62.2. The van der Waals surface area contributed by atoms with E-state index in [1.54, 1.807) is 24.4 Å². The molecule has 0 fully saturated rings. The molecule has 0 saturated heterocycles. The fourth-order valence-corrected chi connectivity index (χ4v) is 9.84. The van der Waals surface area contributed by atoms with Crippen molar-refractivity contribution in [1.29, 1.82) is 5.26 Å². The van der Waals surface area contributed by atoms with Gasteiger partial charge in [0.25, 0.3) is 41.5 Å². The third kappa shape index (κ3) is 27.7. The Morgan fingerprint density at radius 1 is 0.433 bits per heavy atom. The number of aryl methyl sites for hydroxylation is 3. The predicted octanol–water partition coefficient (Wildman–Crippen LogP) is 23.2. The van der Waals surface area contributed by atoms with Crippen molar-refractivity contribution < 1.29 is 84.5 Å². The third-order valence-corrected chi connectivity index (χ3v) is 17.8. The molecule has 0 aliphatic heterocycles. The number of hydrogen-bond acceptors (Lipinski definition) is 15. The number of thiophene rings is 1. The maximum atomic E-state index is 13.5. The third-order valence-electron chi connectivity index (χ3n) is 15.0. The average molecular weight is 1550 g/mol. The number of ether oxygens (including phenoxy) is 3. The quantitative estimate of drug-likeness (QED) is 0.0666. The van der Waals surface area contributed by atoms with E-state index in [9.17, 15) is 70.2 Å². The van der Waals surface area contributed by atoms with Gasteiger partial charge in [-0.05, 0) is 45.0 Å². The van der Waals surface area contributed by atoms with Gasteiger partial charge in [0.05, 0.1) is 60.8 Å². The van der Waals surface area contributed by atoms with Crippen molar-refractivity contribution in [2.45, 2.75) is 185 Å². The van der Waals surface area contributed by atoms with Crippen LogP contribution in [0.1, 0.15) is 177 Å². The molecule has 0 amide bonds. The van der Waals surface area contributed by atoms with E-state index in [-0.39, 0.29) is 54.8 Å². The summed E-state index contributed by atoms with van der Waals surface area (Å²) in [6.07, 6.45) is 12.1. The van der Waals surface area contributed by atoms with Gasteiger partial charge in [-0.15, -0.1) is 34.0 Å². The fourth-order valence-electron chi connectivity index (χ4n) is 7.43. The monoisotopic (exact) mass is 1550 g/mol. The number of pyridine rings is 3. The van der Waals surface area contributed by atoms with E-state index in [0.29, 0.717) is 23.9 Å². The highest BCUT2D eigenvalue weighted by Gasteiger charge is 2.42. The van der Waals surface area contributed by atoms with Gasteiger partial charge in [-0.2, -0.15) is 19.1 Å². The molecular weight excluding hydrogens is 1450 g/mol. The van der Waals surface area contributed by atoms with Crippen LogP contribution >= 0.6 is 34.0 Å². The molecular formula is C72H94F16N10O3S3. The lowest BCUT2D eigenvalue weighted by molar-refractivity contribution is -0.0523. The second kappa shape index (κ2) is 41.4. The van der Waals surface area contributed by atoms with Gasteiger partial charge in [0.2, 0.25) is 5.88 Å². The van der Waals surface area contributed by atoms with Crippen molar-refractivity contribution in [3.63, 3.8) is 0 Å². The molecule has 104 heavy (non-hydrogen) atoms. The Labute approximate surface area is 611 Å². The summed E-state index contributed by atoms with van der Waals surface area (Å²) in [5.41, 5.74) is 1.83. The van der Waals surface area contributed by atoms with E-state index in [0.717, 1.165) is 52.3 Å². The fraction of sp³-hybridized carbons (Fsp3) is 0.542. The van der Waals surface area contributed by atoms with Crippen molar-refractivity contribution in [3.8, 4) is 23.7 Å². The lowest BCUT2D eigenvalue weighted by Gasteiger charge is -2.20. The van der Waals surface area contributed by atoms with Crippen molar-refractivity contribution >= 4 is 34.0 Å². The van der Waals surface area contributed by atoms with Crippen LogP contribution in [0.25, 0.3) is 0 Å². The highest BCUT2D eigenvalue weighted by Crippen LogP contribution is 2.43. The molecule has 0 aliphatic carbocycles. The molecule has 8 aromatic heterocycles. The minimum Gasteiger partial charge on any atom is -0.495 e. The van der Waals surface area contributed by atoms with E-state index < -0.39 is 94.7 Å². The minimum absolute atomic E-state index is 0.00403. The maximum absolute atomic E-state index is 13.5. The van der Waals surface area contributed by atoms with Gasteiger partial charge in [-0.1, -0.05) is 111 Å². The van der Waals surface area contributed by atoms with E-state index in [4.69, 9.17) is 14.7 Å². The van der Waals surface area contributed by atoms with Crippen LogP contribution in [0.15, 0.2) is 109 Å². The molecule has 0 N–H and O–H groups in total. The van der Waals surface area contributed by atoms with Gasteiger partial charge in [-0.25, -0.2) is 81.4 Å². The molecule has 0 atom stereocenters. The highest BCUT2D eigenvalue weighted by atomic mass is 32.1. The standard InChI is InChI=1S/C10H10F2N2.2C10H13F2NO.C9H12F2N2O.C9H14F2N2.C9H12F2S.C8H11F2NS.C7H9F2NS/c1-7(2)10(11,12)9-3-8(4-13)5-14-6-9;1-7(2)10(11,12)8-4-9(14-3)6-13-5-8;1-7(2)10(11,12)8-4-5-9(14-3)13-6-8;1-6(2)9(10,11)7-4-12-8(14-3)13-5-7;1-4-13-6-8(5-12-13)9(10,11)7(2)3;1-6(2)9(10,11)8-4-7(3)12-5-8;1-5(2)8(9,10)7-11-6(3)4-12-7;1-5(2)7(8,9)6-3-10-4-11-6/h3,5-7H,1-2H3;2*4-7H,1-3H3;4-6H,1-3H3;5-7H,4H2,1-3H3;4-6H,1-3H3;4-5H,1-3H3;3-5H,1-2H3. The average Bonchev–Trinajstić information content (AvgIpc) is 1.82. The van der Waals surface area contributed by atoms with Crippen LogP contribution in [0.5, 0.6) is 17.6 Å². The molecule has 8 rings (SSSR count). The first-order valence-corrected chi connectivity index (χ1v) is 35.1. The normalized spacial score (nSPS) is 12.1. The Morgan fingerprint density at radius 2 is 0.885 bits per heavy atom. The summed E-state index contributed by atoms with van der Waals surface area (Å²) in [6, 6.07) is 8.70. The SMILES string of the molecule is CC(C)C(F)(F)c1cncc(C#N)c1.CC(C)C(F)(F)c1cncs1.CCn1cc(C(F)(F)C(C)C)cn1.COc1ccc(C(F)(F)C(C)C)cn1.COc1cncc(C(F)(F)C(C)C)c1.COc1ncc(C(F)(F)C(C)C)cn1.Cc1cc(C(F)(F)C(C)C)cs1.Cc1csc(C(F)(F)C(C)C)n1. The minimum atomic E-state index is -2.93. The Balaban J connectivity index is 0.000000595. The number of halogens is 16. The topological polar surface area (TPSA) is 160 Å². The Morgan fingerprint density at radius 3 is 1.26 bits per heavy atom. The highest BCUT2D eigenvalue weighted by molar-refractivity contribution is 7.10. The van der Waals surface area contributed by atoms with Crippen LogP contribution in [0.3, 0.4) is 0 Å². The van der Waals surface area contributed by atoms with Crippen molar-refractivity contribution in [2.75, 3.05) is 21.3 Å². The first kappa shape index (κ1) is 94.5. The van der Waals surface area contributed by atoms with Crippen molar-refractivity contribution in [1.82, 2.24) is 44.7 Å². The molecule has 13 nitrogen and oxygen atoms in total. The number of methoxy groups -OCH3 is 3. The van der Waals surface area contributed by atoms with E-state index in [1.807, 2.05) is 13.8 Å². The summed E-state index contributed by atoms with van der Waals surface area (Å²) >= 11 is 3.39. The number of hydrogen-bond donors (Lipinski definition) is 0. The number of alkyl halides is 16. The van der Waals surface area contributed by atoms with Gasteiger partial charge in [0.15, 0.2) is 5.01 Å². The van der Waals surface area contributed by atoms with Crippen LogP contribution in [0.4, 0.5) is 70.2 Å². The predicted molar refractivity (Wildman–Crippen MR) is 375 cm³/mol. The Hall–Kier alpha value is -7.53. The molecule has 32 heteroatoms. The van der Waals surface area contributed by atoms with Crippen LogP contribution < -0.4 is 14.2 Å². The first-order chi connectivity index (χ1) is 47.8. The molecule has 0 aliphatic rings. The largest absolute Gasteiger partial charge is 0.495 e. The smallest absolute Gasteiger partial charge is 0.316 e. The van der Waals surface area contributed by atoms with E-state index >= 15 is 0 Å². The van der Waals surface area contributed by atoms with Gasteiger partial charge >= 0.3 is 11.9 Å². The summed E-state index contributed by atoms with van der Waals surface area (Å²) in [5.74, 6) is -27.5. The Kier molecular flexibility index (Phi) is 37.6. The number of aromatic nitrogens is 9. The van der Waals surface area contributed by atoms with Crippen LogP contribution in [-0.2, 0) is 53.9 Å². The van der Waals surface area contributed by atoms with Gasteiger partial charge in [0.1, 0.15) is 11.8 Å². The van der Waals surface area contributed by atoms with E-state index in [1.165, 1.54) is 220 Å². The number of nitriles is 1. The summed E-state index contributed by atoms with van der Waals surface area (Å²) < 4.78 is 229. The second-order valence-corrected chi connectivity index (χ2v) is 28.5. The number of nitrogens with zero attached hydrogens (tertiary/aromatic N) is 10. The zero-order valence-corrected chi connectivity index (χ0v) is 64.6. The lowest BCUT2D eigenvalue weighted by Crippen LogP contribution is -2.21. The van der Waals surface area contributed by atoms with Gasteiger partial charge in [0, 0.05) is 153 Å². The van der Waals surface area contributed by atoms with Crippen LogP contribution in [0.2, 0.25) is 0 Å². The molecule has 8 aromatic rings. The first-order valence-electron chi connectivity index (χ1n) is 32.5. The maximum Gasteiger partial charge on any atom is 0.316 e. The Bertz CT molecular complexity index is 3640. The molecule has 0 radical (unpaired) electrons. The van der Waals surface area contributed by atoms with Gasteiger partial charge in [-0.3, -0.25) is 19.6 Å². The molecule has 0 aromatic carbocycles. The molecule has 580 valence electrons. The molecule has 0 unspecified atom stereocenters. The summed E-state index contributed by atoms with van der Waals surface area (Å²) in [5, 5.41) is 15.5. The lowest BCUT2D eigenvalue weighted by atomic mass is 9.98. The molecule has 0 bridgehead atoms. The summed E-state index contributed by atoms with van der Waals surface area (Å²) in [4.78, 5) is 26.7. The summed E-state index contributed by atoms with van der Waals surface area (Å²) in [6.45, 7) is 29.8. The van der Waals surface area contributed by atoms with Crippen LogP contribution in [-0.4, -0.2) is 66.0 Å². The van der Waals surface area contributed by atoms with Crippen molar-refractivity contribution in [3.05, 3.63) is 168 Å². The van der Waals surface area contributed by atoms with Crippen LogP contribution in [0, 0.1) is 72.5 Å². The molecule has 0 saturated carbocycles. The number of thiazole rings is 2. The van der Waals surface area contributed by atoms with Gasteiger partial charge < -0.3 is 14.2 Å². The molecule has 8 heterocycles.